The van der Waals surface area contributed by atoms with Gasteiger partial charge in [0.1, 0.15) is 23.9 Å². The second-order valence-corrected chi connectivity index (χ2v) is 8.18. The number of ether oxygens (including phenoxy) is 3. The third-order valence-electron chi connectivity index (χ3n) is 5.52. The Morgan fingerprint density at radius 1 is 0.833 bits per heavy atom. The highest BCUT2D eigenvalue weighted by Gasteiger charge is 2.15. The van der Waals surface area contributed by atoms with Gasteiger partial charge in [0.25, 0.3) is 0 Å². The molecule has 0 atom stereocenters. The van der Waals surface area contributed by atoms with E-state index in [0.29, 0.717) is 36.6 Å². The van der Waals surface area contributed by atoms with Crippen molar-refractivity contribution in [3.63, 3.8) is 0 Å². The number of halogens is 1. The molecule has 0 bridgehead atoms. The third-order valence-corrected chi connectivity index (χ3v) is 5.52. The van der Waals surface area contributed by atoms with Crippen LogP contribution in [0.15, 0.2) is 104 Å². The van der Waals surface area contributed by atoms with E-state index in [1.54, 1.807) is 18.2 Å². The molecule has 4 aromatic carbocycles. The first kappa shape index (κ1) is 24.9. The molecule has 0 saturated carbocycles. The molecular weight excluding hydrogens is 453 g/mol. The maximum atomic E-state index is 14.1. The van der Waals surface area contributed by atoms with E-state index in [0.717, 1.165) is 28.3 Å². The van der Waals surface area contributed by atoms with E-state index in [1.807, 2.05) is 73.7 Å². The summed E-state index contributed by atoms with van der Waals surface area (Å²) in [6.07, 6.45) is 2.43. The van der Waals surface area contributed by atoms with Crippen LogP contribution in [0.4, 0.5) is 10.1 Å². The lowest BCUT2D eigenvalue weighted by Crippen LogP contribution is -2.06. The first-order valence-corrected chi connectivity index (χ1v) is 12.0. The van der Waals surface area contributed by atoms with Crippen molar-refractivity contribution >= 4 is 5.69 Å². The number of nitrogens with one attached hydrogen (secondary N) is 1. The number of allylic oxidation sites excluding steroid dienone is 1. The van der Waals surface area contributed by atoms with E-state index in [4.69, 9.17) is 14.2 Å². The summed E-state index contributed by atoms with van der Waals surface area (Å²) in [4.78, 5) is 0. The summed E-state index contributed by atoms with van der Waals surface area (Å²) < 4.78 is 32.0. The number of hydrogen-bond donors (Lipinski definition) is 1. The van der Waals surface area contributed by atoms with Gasteiger partial charge in [0.15, 0.2) is 11.5 Å². The first-order chi connectivity index (χ1) is 17.7. The molecule has 0 aliphatic heterocycles. The van der Waals surface area contributed by atoms with Crippen molar-refractivity contribution in [3.05, 3.63) is 126 Å². The topological polar surface area (TPSA) is 39.7 Å². The average Bonchev–Trinajstić information content (AvgIpc) is 2.90. The van der Waals surface area contributed by atoms with Gasteiger partial charge in [-0.25, -0.2) is 4.39 Å². The molecule has 0 heterocycles. The summed E-state index contributed by atoms with van der Waals surface area (Å²) in [5, 5.41) is 3.45. The molecule has 0 fully saturated rings. The summed E-state index contributed by atoms with van der Waals surface area (Å²) in [5.74, 6) is 2.54. The summed E-state index contributed by atoms with van der Waals surface area (Å²) in [6, 6.07) is 28.2. The van der Waals surface area contributed by atoms with E-state index in [2.05, 4.69) is 18.0 Å². The predicted octanol–water partition coefficient (Wildman–Crippen LogP) is 7.94. The van der Waals surface area contributed by atoms with Gasteiger partial charge >= 0.3 is 0 Å². The fourth-order valence-electron chi connectivity index (χ4n) is 3.79. The smallest absolute Gasteiger partial charge is 0.165 e. The standard InChI is InChI=1S/C31H30FNO3/c1-3-10-24-19-23(20-30(34-4-2)31(24)35-22-25-11-8-9-14-29(25)32)21-33-26-15-17-28(18-16-26)36-27-12-6-5-7-13-27/h3,5-9,11-20,33H,1,4,10,21-22H2,2H3. The van der Waals surface area contributed by atoms with Crippen LogP contribution in [0.25, 0.3) is 0 Å². The monoisotopic (exact) mass is 483 g/mol. The fourth-order valence-corrected chi connectivity index (χ4v) is 3.79. The minimum Gasteiger partial charge on any atom is -0.490 e. The number of anilines is 1. The van der Waals surface area contributed by atoms with Crippen LogP contribution >= 0.6 is 0 Å². The lowest BCUT2D eigenvalue weighted by molar-refractivity contribution is 0.263. The zero-order valence-corrected chi connectivity index (χ0v) is 20.4. The van der Waals surface area contributed by atoms with Crippen LogP contribution in [-0.4, -0.2) is 6.61 Å². The highest BCUT2D eigenvalue weighted by molar-refractivity contribution is 5.52. The molecule has 0 saturated heterocycles. The van der Waals surface area contributed by atoms with Gasteiger partial charge in [-0.15, -0.1) is 6.58 Å². The molecule has 1 N–H and O–H groups in total. The highest BCUT2D eigenvalue weighted by atomic mass is 19.1. The molecule has 4 nitrogen and oxygen atoms in total. The average molecular weight is 484 g/mol. The number of para-hydroxylation sites is 1. The van der Waals surface area contributed by atoms with Crippen LogP contribution in [0.3, 0.4) is 0 Å². The molecule has 0 unspecified atom stereocenters. The number of rotatable bonds is 12. The van der Waals surface area contributed by atoms with Gasteiger partial charge < -0.3 is 19.5 Å². The van der Waals surface area contributed by atoms with Gasteiger partial charge in [0, 0.05) is 23.4 Å². The minimum atomic E-state index is -0.290. The second-order valence-electron chi connectivity index (χ2n) is 8.18. The van der Waals surface area contributed by atoms with Crippen LogP contribution in [0, 0.1) is 5.82 Å². The number of benzene rings is 4. The van der Waals surface area contributed by atoms with Gasteiger partial charge in [-0.1, -0.05) is 42.5 Å². The van der Waals surface area contributed by atoms with E-state index < -0.39 is 0 Å². The summed E-state index contributed by atoms with van der Waals surface area (Å²) in [7, 11) is 0. The van der Waals surface area contributed by atoms with Crippen LogP contribution < -0.4 is 19.5 Å². The zero-order chi connectivity index (χ0) is 25.2. The third kappa shape index (κ3) is 6.66. The SMILES string of the molecule is C=CCc1cc(CNc2ccc(Oc3ccccc3)cc2)cc(OCC)c1OCc1ccccc1F. The highest BCUT2D eigenvalue weighted by Crippen LogP contribution is 2.35. The molecule has 36 heavy (non-hydrogen) atoms. The minimum absolute atomic E-state index is 0.117. The van der Waals surface area contributed by atoms with Crippen LogP contribution in [0.2, 0.25) is 0 Å². The summed E-state index contributed by atoms with van der Waals surface area (Å²) in [5.41, 5.74) is 3.45. The Balaban J connectivity index is 1.47. The van der Waals surface area contributed by atoms with Crippen molar-refractivity contribution < 1.29 is 18.6 Å². The molecule has 184 valence electrons. The van der Waals surface area contributed by atoms with Gasteiger partial charge in [-0.2, -0.15) is 0 Å². The van der Waals surface area contributed by atoms with Gasteiger partial charge in [0.2, 0.25) is 0 Å². The number of hydrogen-bond acceptors (Lipinski definition) is 4. The predicted molar refractivity (Wildman–Crippen MR) is 143 cm³/mol. The Morgan fingerprint density at radius 3 is 2.28 bits per heavy atom. The van der Waals surface area contributed by atoms with E-state index >= 15 is 0 Å². The molecule has 0 aliphatic rings. The molecule has 4 rings (SSSR count). The van der Waals surface area contributed by atoms with Crippen molar-refractivity contribution in [1.82, 2.24) is 0 Å². The van der Waals surface area contributed by atoms with Gasteiger partial charge in [-0.05, 0) is 73.5 Å². The maximum absolute atomic E-state index is 14.1. The Morgan fingerprint density at radius 2 is 1.56 bits per heavy atom. The second kappa shape index (κ2) is 12.5. The van der Waals surface area contributed by atoms with E-state index in [1.165, 1.54) is 6.07 Å². The lowest BCUT2D eigenvalue weighted by atomic mass is 10.0. The van der Waals surface area contributed by atoms with Crippen molar-refractivity contribution in [1.29, 1.82) is 0 Å². The van der Waals surface area contributed by atoms with Gasteiger partial charge in [-0.3, -0.25) is 0 Å². The van der Waals surface area contributed by atoms with Crippen molar-refractivity contribution in [3.8, 4) is 23.0 Å². The van der Waals surface area contributed by atoms with Crippen LogP contribution in [-0.2, 0) is 19.6 Å². The molecule has 0 aliphatic carbocycles. The normalized spacial score (nSPS) is 10.5. The summed E-state index contributed by atoms with van der Waals surface area (Å²) in [6.45, 7) is 7.01. The Labute approximate surface area is 212 Å². The Bertz CT molecular complexity index is 1270. The molecule has 4 aromatic rings. The molecule has 0 spiro atoms. The molecule has 5 heteroatoms. The van der Waals surface area contributed by atoms with Gasteiger partial charge in [0.05, 0.1) is 6.61 Å². The zero-order valence-electron chi connectivity index (χ0n) is 20.4. The summed E-state index contributed by atoms with van der Waals surface area (Å²) >= 11 is 0. The molecular formula is C31H30FNO3. The van der Waals surface area contributed by atoms with E-state index in [9.17, 15) is 4.39 Å². The van der Waals surface area contributed by atoms with Crippen molar-refractivity contribution in [2.24, 2.45) is 0 Å². The van der Waals surface area contributed by atoms with Crippen LogP contribution in [0.1, 0.15) is 23.6 Å². The molecule has 0 aromatic heterocycles. The first-order valence-electron chi connectivity index (χ1n) is 12.0. The van der Waals surface area contributed by atoms with E-state index in [-0.39, 0.29) is 12.4 Å². The van der Waals surface area contributed by atoms with Crippen molar-refractivity contribution in [2.45, 2.75) is 26.5 Å². The van der Waals surface area contributed by atoms with Crippen molar-refractivity contribution in [2.75, 3.05) is 11.9 Å². The fraction of sp³-hybridized carbons (Fsp3) is 0.161. The Kier molecular flexibility index (Phi) is 8.60. The molecule has 0 amide bonds. The quantitative estimate of drug-likeness (QED) is 0.208. The Hall–Kier alpha value is -4.25. The lowest BCUT2D eigenvalue weighted by Gasteiger charge is -2.18. The largest absolute Gasteiger partial charge is 0.490 e. The maximum Gasteiger partial charge on any atom is 0.165 e. The molecule has 0 radical (unpaired) electrons. The van der Waals surface area contributed by atoms with Crippen LogP contribution in [0.5, 0.6) is 23.0 Å².